The van der Waals surface area contributed by atoms with E-state index < -0.39 is 0 Å². The third-order valence-corrected chi connectivity index (χ3v) is 1.56. The zero-order valence-electron chi connectivity index (χ0n) is 7.49. The number of esters is 1. The molecule has 0 bridgehead atoms. The van der Waals surface area contributed by atoms with Gasteiger partial charge in [-0.15, -0.1) is 0 Å². The summed E-state index contributed by atoms with van der Waals surface area (Å²) in [5.41, 5.74) is 1.18. The van der Waals surface area contributed by atoms with Gasteiger partial charge in [-0.05, 0) is 19.1 Å². The van der Waals surface area contributed by atoms with Crippen molar-refractivity contribution in [1.82, 2.24) is 4.98 Å². The third-order valence-electron chi connectivity index (χ3n) is 1.56. The highest BCUT2D eigenvalue weighted by Gasteiger charge is 2.08. The highest BCUT2D eigenvalue weighted by molar-refractivity contribution is 5.90. The Bertz CT molecular complexity index is 320. The Hall–Kier alpha value is -1.64. The molecule has 0 aliphatic rings. The first kappa shape index (κ1) is 9.45. The van der Waals surface area contributed by atoms with Crippen LogP contribution in [0.4, 0.5) is 0 Å². The summed E-state index contributed by atoms with van der Waals surface area (Å²) in [6, 6.07) is 3.39. The lowest BCUT2D eigenvalue weighted by Crippen LogP contribution is -2.07. The van der Waals surface area contributed by atoms with Gasteiger partial charge in [0.2, 0.25) is 0 Å². The molecule has 0 aliphatic heterocycles. The van der Waals surface area contributed by atoms with Crippen LogP contribution in [0.25, 0.3) is 0 Å². The number of nitrogens with zero attached hydrogens (tertiary/aromatic N) is 1. The molecule has 3 nitrogen and oxygen atoms in total. The van der Waals surface area contributed by atoms with Crippen molar-refractivity contribution in [3.8, 4) is 0 Å². The van der Waals surface area contributed by atoms with Crippen LogP contribution in [-0.4, -0.2) is 17.6 Å². The van der Waals surface area contributed by atoms with Crippen molar-refractivity contribution in [2.45, 2.75) is 6.92 Å². The van der Waals surface area contributed by atoms with Gasteiger partial charge in [0.15, 0.2) is 0 Å². The number of aryl methyl sites for hydroxylation is 1. The molecule has 13 heavy (non-hydrogen) atoms. The molecule has 1 heterocycles. The van der Waals surface area contributed by atoms with E-state index in [-0.39, 0.29) is 12.6 Å². The van der Waals surface area contributed by atoms with Gasteiger partial charge in [0.1, 0.15) is 6.61 Å². The summed E-state index contributed by atoms with van der Waals surface area (Å²) in [6.45, 7) is 5.45. The van der Waals surface area contributed by atoms with Gasteiger partial charge in [-0.3, -0.25) is 4.98 Å². The van der Waals surface area contributed by atoms with Crippen LogP contribution >= 0.6 is 0 Å². The molecule has 0 fully saturated rings. The molecule has 0 atom stereocenters. The van der Waals surface area contributed by atoms with E-state index in [9.17, 15) is 4.79 Å². The Morgan fingerprint density at radius 3 is 3.15 bits per heavy atom. The molecule has 1 rings (SSSR count). The molecule has 0 amide bonds. The summed E-state index contributed by atoms with van der Waals surface area (Å²) in [5, 5.41) is 0. The number of hydrogen-bond acceptors (Lipinski definition) is 3. The Morgan fingerprint density at radius 1 is 1.77 bits per heavy atom. The Balaban J connectivity index is 2.76. The Labute approximate surface area is 77.1 Å². The first-order valence-corrected chi connectivity index (χ1v) is 3.95. The third kappa shape index (κ3) is 2.40. The highest BCUT2D eigenvalue weighted by Crippen LogP contribution is 2.05. The lowest BCUT2D eigenvalue weighted by Gasteiger charge is -2.03. The number of ether oxygens (including phenoxy) is 1. The van der Waals surface area contributed by atoms with E-state index in [0.717, 1.165) is 0 Å². The lowest BCUT2D eigenvalue weighted by atomic mass is 10.2. The standard InChI is InChI=1S/C10H11NO2/c1-3-7-13-10(12)9-5-4-6-11-8(9)2/h3-6H,1,7H2,2H3. The van der Waals surface area contributed by atoms with Gasteiger partial charge in [0, 0.05) is 6.20 Å². The van der Waals surface area contributed by atoms with E-state index in [2.05, 4.69) is 11.6 Å². The van der Waals surface area contributed by atoms with Crippen LogP contribution < -0.4 is 0 Å². The Morgan fingerprint density at radius 2 is 2.54 bits per heavy atom. The van der Waals surface area contributed by atoms with Gasteiger partial charge >= 0.3 is 5.97 Å². The van der Waals surface area contributed by atoms with Gasteiger partial charge in [0.05, 0.1) is 11.3 Å². The molecule has 68 valence electrons. The van der Waals surface area contributed by atoms with E-state index in [1.54, 1.807) is 25.3 Å². The minimum absolute atomic E-state index is 0.229. The van der Waals surface area contributed by atoms with E-state index >= 15 is 0 Å². The van der Waals surface area contributed by atoms with Crippen LogP contribution in [-0.2, 0) is 4.74 Å². The number of rotatable bonds is 3. The monoisotopic (exact) mass is 177 g/mol. The van der Waals surface area contributed by atoms with Crippen LogP contribution in [0.3, 0.4) is 0 Å². The molecule has 0 saturated carbocycles. The zero-order valence-corrected chi connectivity index (χ0v) is 7.49. The summed E-state index contributed by atoms with van der Waals surface area (Å²) >= 11 is 0. The summed E-state index contributed by atoms with van der Waals surface area (Å²) < 4.78 is 4.86. The van der Waals surface area contributed by atoms with Crippen LogP contribution in [0.1, 0.15) is 16.1 Å². The van der Waals surface area contributed by atoms with Gasteiger partial charge in [-0.2, -0.15) is 0 Å². The predicted octanol–water partition coefficient (Wildman–Crippen LogP) is 1.73. The molecule has 1 aromatic heterocycles. The van der Waals surface area contributed by atoms with Crippen molar-refractivity contribution in [2.75, 3.05) is 6.61 Å². The smallest absolute Gasteiger partial charge is 0.340 e. The highest BCUT2D eigenvalue weighted by atomic mass is 16.5. The second-order valence-corrected chi connectivity index (χ2v) is 2.52. The van der Waals surface area contributed by atoms with Crippen molar-refractivity contribution < 1.29 is 9.53 Å². The summed E-state index contributed by atoms with van der Waals surface area (Å²) in [4.78, 5) is 15.3. The average molecular weight is 177 g/mol. The normalized spacial score (nSPS) is 9.31. The quantitative estimate of drug-likeness (QED) is 0.521. The average Bonchev–Trinajstić information content (AvgIpc) is 2.15. The van der Waals surface area contributed by atoms with Crippen molar-refractivity contribution >= 4 is 5.97 Å². The van der Waals surface area contributed by atoms with Crippen LogP contribution in [0.15, 0.2) is 31.0 Å². The predicted molar refractivity (Wildman–Crippen MR) is 49.5 cm³/mol. The number of aromatic nitrogens is 1. The van der Waals surface area contributed by atoms with Crippen molar-refractivity contribution in [3.05, 3.63) is 42.2 Å². The molecule has 0 aliphatic carbocycles. The SMILES string of the molecule is C=CCOC(=O)c1cccnc1C. The first-order chi connectivity index (χ1) is 6.25. The fourth-order valence-electron chi connectivity index (χ4n) is 0.912. The maximum Gasteiger partial charge on any atom is 0.340 e. The van der Waals surface area contributed by atoms with Gasteiger partial charge in [-0.25, -0.2) is 4.79 Å². The molecule has 0 saturated heterocycles. The number of carbonyl (C=O) groups excluding carboxylic acids is 1. The number of hydrogen-bond donors (Lipinski definition) is 0. The van der Waals surface area contributed by atoms with E-state index in [4.69, 9.17) is 4.74 Å². The first-order valence-electron chi connectivity index (χ1n) is 3.95. The lowest BCUT2D eigenvalue weighted by molar-refractivity contribution is 0.0548. The fraction of sp³-hybridized carbons (Fsp3) is 0.200. The summed E-state index contributed by atoms with van der Waals surface area (Å²) in [7, 11) is 0. The maximum absolute atomic E-state index is 11.3. The van der Waals surface area contributed by atoms with E-state index in [0.29, 0.717) is 11.3 Å². The molecule has 0 N–H and O–H groups in total. The van der Waals surface area contributed by atoms with Crippen molar-refractivity contribution in [2.24, 2.45) is 0 Å². The second-order valence-electron chi connectivity index (χ2n) is 2.52. The van der Waals surface area contributed by atoms with Crippen LogP contribution in [0.5, 0.6) is 0 Å². The molecular weight excluding hydrogens is 166 g/mol. The topological polar surface area (TPSA) is 39.2 Å². The summed E-state index contributed by atoms with van der Waals surface area (Å²) in [5.74, 6) is -0.356. The maximum atomic E-state index is 11.3. The van der Waals surface area contributed by atoms with Gasteiger partial charge in [-0.1, -0.05) is 12.7 Å². The second kappa shape index (κ2) is 4.40. The molecule has 1 aromatic rings. The van der Waals surface area contributed by atoms with Gasteiger partial charge in [0.25, 0.3) is 0 Å². The number of carbonyl (C=O) groups is 1. The largest absolute Gasteiger partial charge is 0.458 e. The molecular formula is C10H11NO2. The molecule has 0 radical (unpaired) electrons. The van der Waals surface area contributed by atoms with Crippen molar-refractivity contribution in [1.29, 1.82) is 0 Å². The molecule has 3 heteroatoms. The summed E-state index contributed by atoms with van der Waals surface area (Å²) in [6.07, 6.45) is 3.17. The minimum atomic E-state index is -0.356. The van der Waals surface area contributed by atoms with Crippen molar-refractivity contribution in [3.63, 3.8) is 0 Å². The van der Waals surface area contributed by atoms with Crippen LogP contribution in [0.2, 0.25) is 0 Å². The molecule has 0 spiro atoms. The molecule has 0 unspecified atom stereocenters. The van der Waals surface area contributed by atoms with E-state index in [1.807, 2.05) is 0 Å². The van der Waals surface area contributed by atoms with E-state index in [1.165, 1.54) is 6.08 Å². The number of pyridine rings is 1. The fourth-order valence-corrected chi connectivity index (χ4v) is 0.912. The molecule has 0 aromatic carbocycles. The Kier molecular flexibility index (Phi) is 3.20. The minimum Gasteiger partial charge on any atom is -0.458 e. The van der Waals surface area contributed by atoms with Gasteiger partial charge < -0.3 is 4.74 Å². The van der Waals surface area contributed by atoms with Crippen LogP contribution in [0, 0.1) is 6.92 Å². The zero-order chi connectivity index (χ0) is 9.68.